The van der Waals surface area contributed by atoms with E-state index in [0.717, 1.165) is 0 Å². The lowest BCUT2D eigenvalue weighted by molar-refractivity contribution is 0.431. The second kappa shape index (κ2) is 2.50. The third-order valence-electron chi connectivity index (χ3n) is 1.05. The van der Waals surface area contributed by atoms with E-state index in [1.54, 1.807) is 12.2 Å². The summed E-state index contributed by atoms with van der Waals surface area (Å²) in [6.07, 6.45) is 4.00. The molecule has 9 heavy (non-hydrogen) atoms. The van der Waals surface area contributed by atoms with Crippen molar-refractivity contribution in [3.63, 3.8) is 0 Å². The first-order chi connectivity index (χ1) is 4.22. The van der Waals surface area contributed by atoms with E-state index in [4.69, 9.17) is 28.9 Å². The van der Waals surface area contributed by atoms with Gasteiger partial charge >= 0.3 is 0 Å². The Kier molecular flexibility index (Phi) is 1.88. The van der Waals surface area contributed by atoms with E-state index in [0.29, 0.717) is 16.3 Å². The molecule has 0 fully saturated rings. The SMILES string of the molecule is OC1=C(Cl)C(=S)CC=C1. The predicted octanol–water partition coefficient (Wildman–Crippen LogP) is 2.32. The number of hydrogen-bond donors (Lipinski definition) is 1. The quantitative estimate of drug-likeness (QED) is 0.549. The van der Waals surface area contributed by atoms with E-state index in [1.165, 1.54) is 0 Å². The smallest absolute Gasteiger partial charge is 0.135 e. The Morgan fingerprint density at radius 1 is 1.67 bits per heavy atom. The lowest BCUT2D eigenvalue weighted by atomic mass is 10.2. The minimum atomic E-state index is 0.0768. The molecule has 0 saturated heterocycles. The van der Waals surface area contributed by atoms with Gasteiger partial charge in [0.15, 0.2) is 0 Å². The molecule has 1 N–H and O–H groups in total. The van der Waals surface area contributed by atoms with E-state index in [2.05, 4.69) is 0 Å². The van der Waals surface area contributed by atoms with Crippen LogP contribution in [0, 0.1) is 0 Å². The number of halogens is 1. The van der Waals surface area contributed by atoms with Gasteiger partial charge < -0.3 is 5.11 Å². The molecule has 1 aliphatic carbocycles. The van der Waals surface area contributed by atoms with E-state index >= 15 is 0 Å². The molecule has 0 amide bonds. The van der Waals surface area contributed by atoms with Gasteiger partial charge in [-0.15, -0.1) is 0 Å². The van der Waals surface area contributed by atoms with Gasteiger partial charge in [0.1, 0.15) is 5.76 Å². The number of aliphatic hydroxyl groups excluding tert-OH is 1. The highest BCUT2D eigenvalue weighted by Gasteiger charge is 2.08. The maximum atomic E-state index is 8.92. The van der Waals surface area contributed by atoms with Gasteiger partial charge in [-0.05, 0) is 6.08 Å². The van der Waals surface area contributed by atoms with Crippen molar-refractivity contribution in [2.24, 2.45) is 0 Å². The van der Waals surface area contributed by atoms with E-state index in [-0.39, 0.29) is 5.76 Å². The Morgan fingerprint density at radius 2 is 2.33 bits per heavy atom. The standard InChI is InChI=1S/C6H5ClOS/c7-6-4(8)2-1-3-5(6)9/h1-2,8H,3H2. The van der Waals surface area contributed by atoms with Crippen LogP contribution in [-0.4, -0.2) is 9.97 Å². The van der Waals surface area contributed by atoms with Crippen LogP contribution in [0.2, 0.25) is 0 Å². The summed E-state index contributed by atoms with van der Waals surface area (Å²) in [5.74, 6) is 0.0768. The molecule has 0 unspecified atom stereocenters. The number of allylic oxidation sites excluding steroid dienone is 3. The second-order valence-electron chi connectivity index (χ2n) is 1.73. The van der Waals surface area contributed by atoms with Crippen molar-refractivity contribution in [3.8, 4) is 0 Å². The highest BCUT2D eigenvalue weighted by Crippen LogP contribution is 2.17. The Morgan fingerprint density at radius 3 is 2.78 bits per heavy atom. The Labute approximate surface area is 63.6 Å². The number of hydrogen-bond acceptors (Lipinski definition) is 2. The van der Waals surface area contributed by atoms with Crippen LogP contribution in [0.3, 0.4) is 0 Å². The van der Waals surface area contributed by atoms with Gasteiger partial charge in [-0.3, -0.25) is 0 Å². The highest BCUT2D eigenvalue weighted by molar-refractivity contribution is 7.81. The summed E-state index contributed by atoms with van der Waals surface area (Å²) in [5, 5.41) is 9.23. The third kappa shape index (κ3) is 1.32. The van der Waals surface area contributed by atoms with Crippen molar-refractivity contribution in [3.05, 3.63) is 22.9 Å². The maximum absolute atomic E-state index is 8.92. The van der Waals surface area contributed by atoms with Crippen LogP contribution in [0.4, 0.5) is 0 Å². The van der Waals surface area contributed by atoms with Gasteiger partial charge in [0.05, 0.1) is 5.03 Å². The topological polar surface area (TPSA) is 20.2 Å². The molecule has 48 valence electrons. The average molecular weight is 161 g/mol. The molecule has 1 nitrogen and oxygen atoms in total. The van der Waals surface area contributed by atoms with Crippen molar-refractivity contribution in [2.45, 2.75) is 6.42 Å². The first-order valence-electron chi connectivity index (χ1n) is 2.50. The minimum absolute atomic E-state index is 0.0768. The molecular weight excluding hydrogens is 156 g/mol. The van der Waals surface area contributed by atoms with Gasteiger partial charge in [-0.1, -0.05) is 29.9 Å². The van der Waals surface area contributed by atoms with Gasteiger partial charge in [0.25, 0.3) is 0 Å². The van der Waals surface area contributed by atoms with Gasteiger partial charge in [0.2, 0.25) is 0 Å². The molecule has 0 spiro atoms. The predicted molar refractivity (Wildman–Crippen MR) is 41.9 cm³/mol. The maximum Gasteiger partial charge on any atom is 0.135 e. The van der Waals surface area contributed by atoms with E-state index < -0.39 is 0 Å². The lowest BCUT2D eigenvalue weighted by Crippen LogP contribution is -1.99. The molecule has 0 aromatic carbocycles. The highest BCUT2D eigenvalue weighted by atomic mass is 35.5. The molecular formula is C6H5ClOS. The van der Waals surface area contributed by atoms with Crippen LogP contribution < -0.4 is 0 Å². The average Bonchev–Trinajstić information content (AvgIpc) is 1.83. The number of thiocarbonyl (C=S) groups is 1. The van der Waals surface area contributed by atoms with Gasteiger partial charge in [-0.2, -0.15) is 0 Å². The summed E-state index contributed by atoms with van der Waals surface area (Å²) >= 11 is 10.4. The van der Waals surface area contributed by atoms with E-state index in [9.17, 15) is 0 Å². The zero-order valence-electron chi connectivity index (χ0n) is 4.60. The summed E-state index contributed by atoms with van der Waals surface area (Å²) in [6.45, 7) is 0. The zero-order chi connectivity index (χ0) is 6.85. The molecule has 3 heteroatoms. The van der Waals surface area contributed by atoms with Crippen molar-refractivity contribution in [1.82, 2.24) is 0 Å². The van der Waals surface area contributed by atoms with E-state index in [1.807, 2.05) is 0 Å². The molecule has 0 saturated carbocycles. The molecule has 0 aromatic heterocycles. The summed E-state index contributed by atoms with van der Waals surface area (Å²) in [7, 11) is 0. The fourth-order valence-corrected chi connectivity index (χ4v) is 0.924. The lowest BCUT2D eigenvalue weighted by Gasteiger charge is -2.04. The summed E-state index contributed by atoms with van der Waals surface area (Å²) in [6, 6.07) is 0. The normalized spacial score (nSPS) is 19.0. The van der Waals surface area contributed by atoms with Crippen LogP contribution in [0.15, 0.2) is 22.9 Å². The summed E-state index contributed by atoms with van der Waals surface area (Å²) in [4.78, 5) is 0.608. The van der Waals surface area contributed by atoms with Crippen LogP contribution in [-0.2, 0) is 0 Å². The Balaban J connectivity index is 2.97. The third-order valence-corrected chi connectivity index (χ3v) is 1.95. The van der Waals surface area contributed by atoms with Crippen LogP contribution >= 0.6 is 23.8 Å². The second-order valence-corrected chi connectivity index (χ2v) is 2.60. The largest absolute Gasteiger partial charge is 0.506 e. The van der Waals surface area contributed by atoms with Crippen molar-refractivity contribution in [2.75, 3.05) is 0 Å². The first kappa shape index (κ1) is 6.78. The van der Waals surface area contributed by atoms with Gasteiger partial charge in [0, 0.05) is 11.3 Å². The molecule has 0 heterocycles. The van der Waals surface area contributed by atoms with Crippen molar-refractivity contribution < 1.29 is 5.11 Å². The molecule has 1 aliphatic rings. The Bertz CT molecular complexity index is 205. The Hall–Kier alpha value is -0.340. The van der Waals surface area contributed by atoms with Crippen LogP contribution in [0.25, 0.3) is 0 Å². The molecule has 0 aromatic rings. The number of rotatable bonds is 0. The summed E-state index contributed by atoms with van der Waals surface area (Å²) in [5.41, 5.74) is 0. The fraction of sp³-hybridized carbons (Fsp3) is 0.167. The van der Waals surface area contributed by atoms with Crippen LogP contribution in [0.5, 0.6) is 0 Å². The van der Waals surface area contributed by atoms with Gasteiger partial charge in [-0.25, -0.2) is 0 Å². The van der Waals surface area contributed by atoms with Crippen molar-refractivity contribution >= 4 is 28.7 Å². The molecule has 0 atom stereocenters. The molecule has 1 rings (SSSR count). The molecule has 0 radical (unpaired) electrons. The number of aliphatic hydroxyl groups is 1. The van der Waals surface area contributed by atoms with Crippen molar-refractivity contribution in [1.29, 1.82) is 0 Å². The molecule has 0 aliphatic heterocycles. The summed E-state index contributed by atoms with van der Waals surface area (Å²) < 4.78 is 0. The first-order valence-corrected chi connectivity index (χ1v) is 3.29. The van der Waals surface area contributed by atoms with Crippen LogP contribution in [0.1, 0.15) is 6.42 Å². The monoisotopic (exact) mass is 160 g/mol. The fourth-order valence-electron chi connectivity index (χ4n) is 0.583. The zero-order valence-corrected chi connectivity index (χ0v) is 6.17. The molecule has 0 bridgehead atoms. The minimum Gasteiger partial charge on any atom is -0.506 e.